The Morgan fingerprint density at radius 1 is 0.966 bits per heavy atom. The first-order chi connectivity index (χ1) is 14.2. The third-order valence-electron chi connectivity index (χ3n) is 5.23. The van der Waals surface area contributed by atoms with E-state index in [1.165, 1.54) is 11.1 Å². The Labute approximate surface area is 169 Å². The van der Waals surface area contributed by atoms with Crippen LogP contribution in [0.5, 0.6) is 0 Å². The smallest absolute Gasteiger partial charge is 0.313 e. The normalized spacial score (nSPS) is 13.7. The van der Waals surface area contributed by atoms with Crippen molar-refractivity contribution < 1.29 is 9.59 Å². The van der Waals surface area contributed by atoms with Crippen molar-refractivity contribution in [2.24, 2.45) is 0 Å². The van der Waals surface area contributed by atoms with E-state index in [4.69, 9.17) is 0 Å². The minimum absolute atomic E-state index is 0.470. The number of benzene rings is 2. The Balaban J connectivity index is 1.23. The lowest BCUT2D eigenvalue weighted by Crippen LogP contribution is -2.38. The largest absolute Gasteiger partial charge is 0.348 e. The van der Waals surface area contributed by atoms with Crippen molar-refractivity contribution >= 4 is 28.4 Å². The van der Waals surface area contributed by atoms with E-state index in [-0.39, 0.29) is 0 Å². The fraction of sp³-hybridized carbons (Fsp3) is 0.261. The molecule has 4 rings (SSSR count). The number of carbonyl (C=O) groups excluding carboxylic acids is 2. The maximum Gasteiger partial charge on any atom is 0.313 e. The van der Waals surface area contributed by atoms with E-state index in [0.717, 1.165) is 37.9 Å². The van der Waals surface area contributed by atoms with Crippen molar-refractivity contribution in [1.82, 2.24) is 15.2 Å². The van der Waals surface area contributed by atoms with Crippen LogP contribution < -0.4 is 10.6 Å². The lowest BCUT2D eigenvalue weighted by molar-refractivity contribution is -0.136. The molecular formula is C23H24N4O2. The van der Waals surface area contributed by atoms with Crippen LogP contribution in [0.1, 0.15) is 17.5 Å². The fourth-order valence-electron chi connectivity index (χ4n) is 3.71. The fourth-order valence-corrected chi connectivity index (χ4v) is 3.71. The summed E-state index contributed by atoms with van der Waals surface area (Å²) in [4.78, 5) is 31.0. The van der Waals surface area contributed by atoms with E-state index in [9.17, 15) is 9.59 Å². The molecule has 1 aliphatic rings. The lowest BCUT2D eigenvalue weighted by atomic mass is 10.00. The number of anilines is 1. The van der Waals surface area contributed by atoms with Crippen LogP contribution >= 0.6 is 0 Å². The highest BCUT2D eigenvalue weighted by atomic mass is 16.2. The molecule has 6 nitrogen and oxygen atoms in total. The van der Waals surface area contributed by atoms with Gasteiger partial charge in [0.15, 0.2) is 0 Å². The van der Waals surface area contributed by atoms with Crippen LogP contribution in [0.3, 0.4) is 0 Å². The van der Waals surface area contributed by atoms with Gasteiger partial charge in [-0.1, -0.05) is 42.5 Å². The van der Waals surface area contributed by atoms with E-state index in [1.807, 2.05) is 24.3 Å². The predicted molar refractivity (Wildman–Crippen MR) is 113 cm³/mol. The lowest BCUT2D eigenvalue weighted by Gasteiger charge is -2.28. The summed E-state index contributed by atoms with van der Waals surface area (Å²) in [5.41, 5.74) is 4.01. The van der Waals surface area contributed by atoms with Crippen LogP contribution in [-0.2, 0) is 22.6 Å². The van der Waals surface area contributed by atoms with Crippen LogP contribution in [-0.4, -0.2) is 41.3 Å². The van der Waals surface area contributed by atoms with Crippen LogP contribution in [0.4, 0.5) is 5.69 Å². The van der Waals surface area contributed by atoms with Crippen molar-refractivity contribution in [2.75, 3.05) is 25.0 Å². The predicted octanol–water partition coefficient (Wildman–Crippen LogP) is 2.74. The molecule has 0 unspecified atom stereocenters. The van der Waals surface area contributed by atoms with Gasteiger partial charge in [0.25, 0.3) is 0 Å². The molecule has 0 radical (unpaired) electrons. The van der Waals surface area contributed by atoms with Gasteiger partial charge in [-0.25, -0.2) is 0 Å². The highest BCUT2D eigenvalue weighted by molar-refractivity contribution is 6.40. The number of pyridine rings is 1. The van der Waals surface area contributed by atoms with E-state index in [2.05, 4.69) is 44.8 Å². The number of fused-ring (bicyclic) bond motifs is 2. The van der Waals surface area contributed by atoms with Gasteiger partial charge in [-0.2, -0.15) is 0 Å². The quantitative estimate of drug-likeness (QED) is 0.521. The Kier molecular flexibility index (Phi) is 5.81. The summed E-state index contributed by atoms with van der Waals surface area (Å²) in [5, 5.41) is 6.28. The van der Waals surface area contributed by atoms with Gasteiger partial charge in [0.05, 0.1) is 11.2 Å². The summed E-state index contributed by atoms with van der Waals surface area (Å²) in [6.45, 7) is 3.33. The van der Waals surface area contributed by atoms with Gasteiger partial charge in [-0.15, -0.1) is 0 Å². The number of carbonyl (C=O) groups is 2. The molecule has 0 aliphatic carbocycles. The minimum atomic E-state index is -0.671. The van der Waals surface area contributed by atoms with Crippen molar-refractivity contribution in [1.29, 1.82) is 0 Å². The van der Waals surface area contributed by atoms with Crippen molar-refractivity contribution in [3.8, 4) is 0 Å². The van der Waals surface area contributed by atoms with E-state index < -0.39 is 11.8 Å². The summed E-state index contributed by atoms with van der Waals surface area (Å²) in [5.74, 6) is -1.29. The molecule has 1 aromatic heterocycles. The van der Waals surface area contributed by atoms with Gasteiger partial charge < -0.3 is 10.6 Å². The minimum Gasteiger partial charge on any atom is -0.348 e. The average molecular weight is 388 g/mol. The Bertz CT molecular complexity index is 1030. The Morgan fingerprint density at radius 3 is 2.69 bits per heavy atom. The number of rotatable bonds is 5. The first-order valence-electron chi connectivity index (χ1n) is 9.93. The molecule has 0 fully saturated rings. The zero-order valence-electron chi connectivity index (χ0n) is 16.2. The van der Waals surface area contributed by atoms with Crippen LogP contribution in [0, 0.1) is 0 Å². The van der Waals surface area contributed by atoms with E-state index in [0.29, 0.717) is 17.7 Å². The molecule has 0 saturated heterocycles. The molecule has 148 valence electrons. The van der Waals surface area contributed by atoms with Gasteiger partial charge in [-0.05, 0) is 36.1 Å². The van der Waals surface area contributed by atoms with Crippen molar-refractivity contribution in [3.63, 3.8) is 0 Å². The molecule has 3 aromatic rings. The van der Waals surface area contributed by atoms with E-state index in [1.54, 1.807) is 12.3 Å². The molecule has 0 bridgehead atoms. The molecular weight excluding hydrogens is 364 g/mol. The average Bonchev–Trinajstić information content (AvgIpc) is 2.76. The molecule has 29 heavy (non-hydrogen) atoms. The van der Waals surface area contributed by atoms with Crippen molar-refractivity contribution in [2.45, 2.75) is 19.4 Å². The molecule has 2 aromatic carbocycles. The van der Waals surface area contributed by atoms with E-state index >= 15 is 0 Å². The van der Waals surface area contributed by atoms with Gasteiger partial charge in [0.1, 0.15) is 0 Å². The number of hydrogen-bond donors (Lipinski definition) is 2. The molecule has 1 aliphatic heterocycles. The summed E-state index contributed by atoms with van der Waals surface area (Å²) in [6, 6.07) is 17.8. The number of nitrogens with one attached hydrogen (secondary N) is 2. The molecule has 2 amide bonds. The molecule has 0 atom stereocenters. The highest BCUT2D eigenvalue weighted by Crippen LogP contribution is 2.20. The Morgan fingerprint density at radius 2 is 1.79 bits per heavy atom. The zero-order valence-corrected chi connectivity index (χ0v) is 16.2. The van der Waals surface area contributed by atoms with Crippen LogP contribution in [0.15, 0.2) is 60.8 Å². The van der Waals surface area contributed by atoms with Gasteiger partial charge in [0.2, 0.25) is 0 Å². The second-order valence-corrected chi connectivity index (χ2v) is 7.24. The second-order valence-electron chi connectivity index (χ2n) is 7.24. The SMILES string of the molecule is O=C(NCCCN1CCc2ccccc2C1)C(=O)Nc1cccc2cccnc12. The van der Waals surface area contributed by atoms with Gasteiger partial charge in [-0.3, -0.25) is 19.5 Å². The molecule has 0 spiro atoms. The first-order valence-corrected chi connectivity index (χ1v) is 9.93. The monoisotopic (exact) mass is 388 g/mol. The molecule has 6 heteroatoms. The summed E-state index contributed by atoms with van der Waals surface area (Å²) in [6.07, 6.45) is 3.53. The maximum atomic E-state index is 12.2. The topological polar surface area (TPSA) is 74.3 Å². The number of nitrogens with zero attached hydrogens (tertiary/aromatic N) is 2. The maximum absolute atomic E-state index is 12.2. The summed E-state index contributed by atoms with van der Waals surface area (Å²) >= 11 is 0. The standard InChI is InChI=1S/C23H24N4O2/c28-22(23(29)26-20-10-3-8-18-9-4-12-24-21(18)20)25-13-5-14-27-15-11-17-6-1-2-7-19(17)16-27/h1-4,6-10,12H,5,11,13-16H2,(H,25,28)(H,26,29). The zero-order chi connectivity index (χ0) is 20.1. The summed E-state index contributed by atoms with van der Waals surface area (Å²) in [7, 11) is 0. The second kappa shape index (κ2) is 8.84. The number of aromatic nitrogens is 1. The van der Waals surface area contributed by atoms with Gasteiger partial charge in [0, 0.05) is 37.8 Å². The third-order valence-corrected chi connectivity index (χ3v) is 5.23. The molecule has 2 N–H and O–H groups in total. The Hall–Kier alpha value is -3.25. The third kappa shape index (κ3) is 4.60. The van der Waals surface area contributed by atoms with Crippen molar-refractivity contribution in [3.05, 3.63) is 71.9 Å². The molecule has 2 heterocycles. The summed E-state index contributed by atoms with van der Waals surface area (Å²) < 4.78 is 0. The number of amides is 2. The highest BCUT2D eigenvalue weighted by Gasteiger charge is 2.17. The first kappa shape index (κ1) is 19.1. The number of hydrogen-bond acceptors (Lipinski definition) is 4. The number of para-hydroxylation sites is 1. The van der Waals surface area contributed by atoms with Crippen LogP contribution in [0.2, 0.25) is 0 Å². The van der Waals surface area contributed by atoms with Crippen LogP contribution in [0.25, 0.3) is 10.9 Å². The van der Waals surface area contributed by atoms with Gasteiger partial charge >= 0.3 is 11.8 Å². The molecule has 0 saturated carbocycles.